The first kappa shape index (κ1) is 21.9. The SMILES string of the molecule is C=CCNC(=O)[C@H](C)OC(=O)[C@H](C)Nc1ccc(C(F)(F)F)cc1[N+](=O)[O-]. The second-order valence-corrected chi connectivity index (χ2v) is 5.47. The van der Waals surface area contributed by atoms with Crippen LogP contribution in [-0.4, -0.2) is 35.5 Å². The number of halogens is 3. The number of hydrogen-bond donors (Lipinski definition) is 2. The van der Waals surface area contributed by atoms with Gasteiger partial charge in [-0.15, -0.1) is 6.58 Å². The highest BCUT2D eigenvalue weighted by Crippen LogP contribution is 2.35. The quantitative estimate of drug-likeness (QED) is 0.306. The van der Waals surface area contributed by atoms with Gasteiger partial charge in [-0.05, 0) is 26.0 Å². The fourth-order valence-electron chi connectivity index (χ4n) is 1.92. The van der Waals surface area contributed by atoms with Crippen molar-refractivity contribution in [2.45, 2.75) is 32.2 Å². The maximum Gasteiger partial charge on any atom is 0.416 e. The first-order chi connectivity index (χ1) is 12.5. The number of nitrogens with zero attached hydrogens (tertiary/aromatic N) is 1. The second-order valence-electron chi connectivity index (χ2n) is 5.47. The molecule has 0 fully saturated rings. The zero-order valence-corrected chi connectivity index (χ0v) is 14.5. The van der Waals surface area contributed by atoms with Crippen LogP contribution in [-0.2, 0) is 20.5 Å². The number of ether oxygens (including phenoxy) is 1. The van der Waals surface area contributed by atoms with Crippen LogP contribution in [0.4, 0.5) is 24.5 Å². The molecule has 0 heterocycles. The summed E-state index contributed by atoms with van der Waals surface area (Å²) in [6.07, 6.45) is -4.45. The summed E-state index contributed by atoms with van der Waals surface area (Å²) in [5.74, 6) is -1.48. The van der Waals surface area contributed by atoms with Crippen molar-refractivity contribution in [2.24, 2.45) is 0 Å². The van der Waals surface area contributed by atoms with Crippen LogP contribution in [0, 0.1) is 10.1 Å². The Kier molecular flexibility index (Phi) is 7.32. The molecule has 0 bridgehead atoms. The van der Waals surface area contributed by atoms with Gasteiger partial charge in [-0.2, -0.15) is 13.2 Å². The molecule has 0 radical (unpaired) electrons. The molecule has 0 aliphatic heterocycles. The normalized spacial score (nSPS) is 13.2. The van der Waals surface area contributed by atoms with Gasteiger partial charge >= 0.3 is 12.1 Å². The fourth-order valence-corrected chi connectivity index (χ4v) is 1.92. The number of nitro benzene ring substituents is 1. The standard InChI is InChI=1S/C16H18F3N3O5/c1-4-7-20-14(23)10(3)27-15(24)9(2)21-12-6-5-11(16(17,18)19)8-13(12)22(25)26/h4-6,8-10,21H,1,7H2,2-3H3,(H,20,23)/t9-,10-/m0/s1. The van der Waals surface area contributed by atoms with Crippen molar-refractivity contribution in [1.82, 2.24) is 5.32 Å². The largest absolute Gasteiger partial charge is 0.451 e. The average Bonchev–Trinajstić information content (AvgIpc) is 2.58. The van der Waals surface area contributed by atoms with E-state index in [2.05, 4.69) is 17.2 Å². The third-order valence-corrected chi connectivity index (χ3v) is 3.33. The van der Waals surface area contributed by atoms with Crippen LogP contribution in [0.15, 0.2) is 30.9 Å². The number of carbonyl (C=O) groups is 2. The summed E-state index contributed by atoms with van der Waals surface area (Å²) in [5, 5.41) is 15.9. The smallest absolute Gasteiger partial charge is 0.416 e. The molecule has 0 saturated carbocycles. The Morgan fingerprint density at radius 3 is 2.52 bits per heavy atom. The molecule has 1 rings (SSSR count). The van der Waals surface area contributed by atoms with Crippen molar-refractivity contribution in [3.63, 3.8) is 0 Å². The van der Waals surface area contributed by atoms with Crippen LogP contribution >= 0.6 is 0 Å². The van der Waals surface area contributed by atoms with E-state index in [1.165, 1.54) is 19.9 Å². The van der Waals surface area contributed by atoms with Crippen LogP contribution in [0.2, 0.25) is 0 Å². The minimum absolute atomic E-state index is 0.173. The zero-order chi connectivity index (χ0) is 20.8. The Balaban J connectivity index is 2.88. The summed E-state index contributed by atoms with van der Waals surface area (Å²) in [4.78, 5) is 33.7. The van der Waals surface area contributed by atoms with Gasteiger partial charge in [0.1, 0.15) is 11.7 Å². The summed E-state index contributed by atoms with van der Waals surface area (Å²) in [5.41, 5.74) is -2.33. The highest BCUT2D eigenvalue weighted by Gasteiger charge is 2.33. The molecular formula is C16H18F3N3O5. The Morgan fingerprint density at radius 1 is 1.37 bits per heavy atom. The maximum absolute atomic E-state index is 12.7. The van der Waals surface area contributed by atoms with Gasteiger partial charge in [0.05, 0.1) is 10.5 Å². The number of benzene rings is 1. The van der Waals surface area contributed by atoms with E-state index in [1.807, 2.05) is 0 Å². The van der Waals surface area contributed by atoms with Crippen LogP contribution in [0.5, 0.6) is 0 Å². The third kappa shape index (κ3) is 6.28. The molecule has 0 spiro atoms. The van der Waals surface area contributed by atoms with E-state index in [9.17, 15) is 32.9 Å². The average molecular weight is 389 g/mol. The zero-order valence-electron chi connectivity index (χ0n) is 14.5. The molecule has 0 saturated heterocycles. The molecule has 8 nitrogen and oxygen atoms in total. The molecule has 1 aromatic rings. The van der Waals surface area contributed by atoms with Crippen molar-refractivity contribution < 1.29 is 32.4 Å². The van der Waals surface area contributed by atoms with Crippen LogP contribution < -0.4 is 10.6 Å². The van der Waals surface area contributed by atoms with E-state index >= 15 is 0 Å². The first-order valence-corrected chi connectivity index (χ1v) is 7.68. The Morgan fingerprint density at radius 2 is 2.00 bits per heavy atom. The van der Waals surface area contributed by atoms with Gasteiger partial charge in [0, 0.05) is 12.6 Å². The van der Waals surface area contributed by atoms with Gasteiger partial charge < -0.3 is 15.4 Å². The summed E-state index contributed by atoms with van der Waals surface area (Å²) in [6.45, 7) is 6.20. The van der Waals surface area contributed by atoms with Gasteiger partial charge in [0.2, 0.25) is 0 Å². The molecule has 148 valence electrons. The Hall–Kier alpha value is -3.11. The van der Waals surface area contributed by atoms with Crippen molar-refractivity contribution in [3.8, 4) is 0 Å². The molecular weight excluding hydrogens is 371 g/mol. The lowest BCUT2D eigenvalue weighted by Gasteiger charge is -2.18. The van der Waals surface area contributed by atoms with Gasteiger partial charge in [-0.1, -0.05) is 6.08 Å². The number of alkyl halides is 3. The second kappa shape index (κ2) is 9.01. The lowest BCUT2D eigenvalue weighted by molar-refractivity contribution is -0.384. The Bertz CT molecular complexity index is 737. The molecule has 0 unspecified atom stereocenters. The number of anilines is 1. The number of hydrogen-bond acceptors (Lipinski definition) is 6. The van der Waals surface area contributed by atoms with E-state index in [4.69, 9.17) is 4.74 Å². The maximum atomic E-state index is 12.7. The van der Waals surface area contributed by atoms with Crippen LogP contribution in [0.1, 0.15) is 19.4 Å². The van der Waals surface area contributed by atoms with Gasteiger partial charge in [-0.25, -0.2) is 4.79 Å². The molecule has 2 N–H and O–H groups in total. The summed E-state index contributed by atoms with van der Waals surface area (Å²) in [7, 11) is 0. The van der Waals surface area contributed by atoms with Gasteiger partial charge in [0.25, 0.3) is 11.6 Å². The van der Waals surface area contributed by atoms with E-state index < -0.39 is 46.4 Å². The minimum Gasteiger partial charge on any atom is -0.451 e. The molecule has 1 aromatic carbocycles. The molecule has 0 aliphatic carbocycles. The number of amides is 1. The van der Waals surface area contributed by atoms with E-state index in [0.29, 0.717) is 12.1 Å². The molecule has 0 aliphatic rings. The summed E-state index contributed by atoms with van der Waals surface area (Å²) >= 11 is 0. The van der Waals surface area contributed by atoms with E-state index in [-0.39, 0.29) is 12.2 Å². The molecule has 11 heteroatoms. The minimum atomic E-state index is -4.75. The lowest BCUT2D eigenvalue weighted by Crippen LogP contribution is -2.39. The number of esters is 1. The molecule has 0 aromatic heterocycles. The third-order valence-electron chi connectivity index (χ3n) is 3.33. The highest BCUT2D eigenvalue weighted by molar-refractivity contribution is 5.86. The van der Waals surface area contributed by atoms with Crippen LogP contribution in [0.25, 0.3) is 0 Å². The van der Waals surface area contributed by atoms with E-state index in [0.717, 1.165) is 6.07 Å². The summed E-state index contributed by atoms with van der Waals surface area (Å²) in [6, 6.07) is 0.713. The van der Waals surface area contributed by atoms with Gasteiger partial charge in [0.15, 0.2) is 6.10 Å². The number of carbonyl (C=O) groups excluding carboxylic acids is 2. The predicted octanol–water partition coefficient (Wildman–Crippen LogP) is 2.65. The number of nitro groups is 1. The van der Waals surface area contributed by atoms with Gasteiger partial charge in [-0.3, -0.25) is 14.9 Å². The molecule has 2 atom stereocenters. The lowest BCUT2D eigenvalue weighted by atomic mass is 10.1. The molecule has 1 amide bonds. The highest BCUT2D eigenvalue weighted by atomic mass is 19.4. The van der Waals surface area contributed by atoms with E-state index in [1.54, 1.807) is 0 Å². The monoisotopic (exact) mass is 389 g/mol. The fraction of sp³-hybridized carbons (Fsp3) is 0.375. The number of rotatable bonds is 8. The summed E-state index contributed by atoms with van der Waals surface area (Å²) < 4.78 is 43.0. The first-order valence-electron chi connectivity index (χ1n) is 7.68. The molecule has 27 heavy (non-hydrogen) atoms. The Labute approximate surface area is 152 Å². The van der Waals surface area contributed by atoms with Crippen molar-refractivity contribution in [1.29, 1.82) is 0 Å². The van der Waals surface area contributed by atoms with Crippen LogP contribution in [0.3, 0.4) is 0 Å². The number of nitrogens with one attached hydrogen (secondary N) is 2. The van der Waals surface area contributed by atoms with Crippen molar-refractivity contribution in [2.75, 3.05) is 11.9 Å². The van der Waals surface area contributed by atoms with Crippen molar-refractivity contribution in [3.05, 3.63) is 46.5 Å². The predicted molar refractivity (Wildman–Crippen MR) is 89.9 cm³/mol. The topological polar surface area (TPSA) is 111 Å². The van der Waals surface area contributed by atoms with Crippen molar-refractivity contribution >= 4 is 23.3 Å².